The predicted octanol–water partition coefficient (Wildman–Crippen LogP) is 1.58. The summed E-state index contributed by atoms with van der Waals surface area (Å²) in [6.45, 7) is 0.0000930. The molecule has 1 atom stereocenters. The number of nitro groups is 1. The van der Waals surface area contributed by atoms with Gasteiger partial charge in [-0.3, -0.25) is 24.6 Å². The second-order valence-electron chi connectivity index (χ2n) is 6.03. The summed E-state index contributed by atoms with van der Waals surface area (Å²) in [5, 5.41) is 10.7. The fraction of sp³-hybridized carbons (Fsp3) is 0.294. The molecule has 1 aromatic rings. The third kappa shape index (κ3) is 3.30. The van der Waals surface area contributed by atoms with Gasteiger partial charge in [-0.15, -0.1) is 0 Å². The third-order valence-electron chi connectivity index (χ3n) is 4.35. The first kappa shape index (κ1) is 18.0. The molecule has 1 heterocycles. The molecule has 9 heteroatoms. The van der Waals surface area contributed by atoms with Gasteiger partial charge in [-0.1, -0.05) is 18.2 Å². The van der Waals surface area contributed by atoms with Crippen molar-refractivity contribution in [2.24, 2.45) is 0 Å². The van der Waals surface area contributed by atoms with Crippen LogP contribution >= 0.6 is 0 Å². The van der Waals surface area contributed by atoms with Crippen LogP contribution in [0.25, 0.3) is 0 Å². The SMILES string of the molecule is O=C1c2ccccc2C(=O)N1CCCS(=O)(=O)C1=CCC([N+](=O)[O-])C=C1. The Morgan fingerprint density at radius 3 is 2.27 bits per heavy atom. The van der Waals surface area contributed by atoms with Crippen molar-refractivity contribution in [1.29, 1.82) is 0 Å². The molecule has 0 aromatic heterocycles. The van der Waals surface area contributed by atoms with Gasteiger partial charge in [0.15, 0.2) is 9.84 Å². The topological polar surface area (TPSA) is 115 Å². The molecule has 1 aliphatic carbocycles. The molecule has 0 bridgehead atoms. The van der Waals surface area contributed by atoms with Crippen LogP contribution in [0.4, 0.5) is 0 Å². The number of carbonyl (C=O) groups is 2. The van der Waals surface area contributed by atoms with Crippen molar-refractivity contribution in [3.63, 3.8) is 0 Å². The van der Waals surface area contributed by atoms with Gasteiger partial charge in [0.1, 0.15) is 0 Å². The van der Waals surface area contributed by atoms with Crippen molar-refractivity contribution < 1.29 is 22.9 Å². The highest BCUT2D eigenvalue weighted by molar-refractivity contribution is 7.95. The maximum Gasteiger partial charge on any atom is 0.261 e. The monoisotopic (exact) mass is 376 g/mol. The summed E-state index contributed by atoms with van der Waals surface area (Å²) in [7, 11) is -3.62. The van der Waals surface area contributed by atoms with Crippen molar-refractivity contribution in [1.82, 2.24) is 4.90 Å². The molecule has 2 aliphatic rings. The summed E-state index contributed by atoms with van der Waals surface area (Å²) in [5.41, 5.74) is 0.646. The zero-order chi connectivity index (χ0) is 18.9. The molecular formula is C17H16N2O6S. The molecule has 0 fully saturated rings. The van der Waals surface area contributed by atoms with E-state index in [4.69, 9.17) is 0 Å². The number of carbonyl (C=O) groups excluding carboxylic acids is 2. The Hall–Kier alpha value is -2.81. The van der Waals surface area contributed by atoms with E-state index >= 15 is 0 Å². The number of sulfone groups is 1. The second-order valence-corrected chi connectivity index (χ2v) is 8.14. The largest absolute Gasteiger partial charge is 0.274 e. The Morgan fingerprint density at radius 2 is 1.77 bits per heavy atom. The Morgan fingerprint density at radius 1 is 1.15 bits per heavy atom. The van der Waals surface area contributed by atoms with Gasteiger partial charge in [0.25, 0.3) is 11.8 Å². The summed E-state index contributed by atoms with van der Waals surface area (Å²) < 4.78 is 24.7. The number of allylic oxidation sites excluding steroid dienone is 1. The molecule has 136 valence electrons. The molecule has 2 amide bonds. The maximum atomic E-state index is 12.3. The maximum absolute atomic E-state index is 12.3. The van der Waals surface area contributed by atoms with Gasteiger partial charge in [0.05, 0.1) is 21.8 Å². The van der Waals surface area contributed by atoms with Crippen LogP contribution in [-0.2, 0) is 9.84 Å². The van der Waals surface area contributed by atoms with Crippen LogP contribution in [0, 0.1) is 10.1 Å². The van der Waals surface area contributed by atoms with E-state index < -0.39 is 32.6 Å². The standard InChI is InChI=1S/C17H16N2O6S/c20-16-14-4-1-2-5-15(14)17(21)18(16)10-3-11-26(24,25)13-8-6-12(7-9-13)19(22)23/h1-2,4-6,8-9,12H,3,7,10-11H2. The van der Waals surface area contributed by atoms with Crippen LogP contribution in [-0.4, -0.2) is 48.4 Å². The zero-order valence-electron chi connectivity index (χ0n) is 13.7. The zero-order valence-corrected chi connectivity index (χ0v) is 14.5. The van der Waals surface area contributed by atoms with E-state index in [9.17, 15) is 28.1 Å². The van der Waals surface area contributed by atoms with Crippen molar-refractivity contribution in [3.05, 3.63) is 68.6 Å². The van der Waals surface area contributed by atoms with E-state index in [0.29, 0.717) is 11.1 Å². The summed E-state index contributed by atoms with van der Waals surface area (Å²) in [6.07, 6.45) is 3.96. The van der Waals surface area contributed by atoms with Crippen LogP contribution in [0.1, 0.15) is 33.6 Å². The number of fused-ring (bicyclic) bond motifs is 1. The van der Waals surface area contributed by atoms with Crippen molar-refractivity contribution >= 4 is 21.7 Å². The average molecular weight is 376 g/mol. The van der Waals surface area contributed by atoms with E-state index in [0.717, 1.165) is 4.90 Å². The highest BCUT2D eigenvalue weighted by atomic mass is 32.2. The van der Waals surface area contributed by atoms with E-state index in [1.807, 2.05) is 0 Å². The number of benzene rings is 1. The number of hydrogen-bond acceptors (Lipinski definition) is 6. The van der Waals surface area contributed by atoms with Crippen LogP contribution in [0.3, 0.4) is 0 Å². The minimum atomic E-state index is -3.62. The molecule has 0 spiro atoms. The van der Waals surface area contributed by atoms with Crippen molar-refractivity contribution in [3.8, 4) is 0 Å². The van der Waals surface area contributed by atoms with E-state index in [1.165, 1.54) is 18.2 Å². The minimum absolute atomic E-state index is 0.0000930. The molecule has 0 saturated heterocycles. The van der Waals surface area contributed by atoms with E-state index in [2.05, 4.69) is 0 Å². The van der Waals surface area contributed by atoms with Gasteiger partial charge in [0.2, 0.25) is 6.04 Å². The highest BCUT2D eigenvalue weighted by Crippen LogP contribution is 2.23. The Bertz CT molecular complexity index is 913. The van der Waals surface area contributed by atoms with Gasteiger partial charge in [-0.05, 0) is 30.7 Å². The lowest BCUT2D eigenvalue weighted by Gasteiger charge is -2.15. The number of rotatable bonds is 6. The molecule has 1 aliphatic heterocycles. The molecular weight excluding hydrogens is 360 g/mol. The van der Waals surface area contributed by atoms with Crippen molar-refractivity contribution in [2.45, 2.75) is 18.9 Å². The van der Waals surface area contributed by atoms with E-state index in [1.54, 1.807) is 24.3 Å². The van der Waals surface area contributed by atoms with Crippen LogP contribution in [0.5, 0.6) is 0 Å². The molecule has 8 nitrogen and oxygen atoms in total. The number of imide groups is 1. The summed E-state index contributed by atoms with van der Waals surface area (Å²) in [5.74, 6) is -1.10. The lowest BCUT2D eigenvalue weighted by atomic mass is 10.1. The summed E-state index contributed by atoms with van der Waals surface area (Å²) in [6, 6.07) is 5.55. The summed E-state index contributed by atoms with van der Waals surface area (Å²) in [4.78, 5) is 35.8. The van der Waals surface area contributed by atoms with E-state index in [-0.39, 0.29) is 30.0 Å². The number of amides is 2. The Balaban J connectivity index is 1.60. The average Bonchev–Trinajstić information content (AvgIpc) is 2.87. The minimum Gasteiger partial charge on any atom is -0.274 e. The third-order valence-corrected chi connectivity index (χ3v) is 6.19. The fourth-order valence-electron chi connectivity index (χ4n) is 2.95. The highest BCUT2D eigenvalue weighted by Gasteiger charge is 2.35. The van der Waals surface area contributed by atoms with Crippen LogP contribution in [0.15, 0.2) is 47.4 Å². The molecule has 0 N–H and O–H groups in total. The first-order chi connectivity index (χ1) is 12.3. The summed E-state index contributed by atoms with van der Waals surface area (Å²) >= 11 is 0. The Labute approximate surface area is 149 Å². The molecule has 0 radical (unpaired) electrons. The Kier molecular flexibility index (Phi) is 4.73. The molecule has 1 aromatic carbocycles. The smallest absolute Gasteiger partial charge is 0.261 e. The lowest BCUT2D eigenvalue weighted by Crippen LogP contribution is -2.31. The number of hydrogen-bond donors (Lipinski definition) is 0. The van der Waals surface area contributed by atoms with Gasteiger partial charge < -0.3 is 0 Å². The first-order valence-corrected chi connectivity index (χ1v) is 9.66. The normalized spacial score (nSPS) is 19.5. The number of nitrogens with zero attached hydrogens (tertiary/aromatic N) is 2. The van der Waals surface area contributed by atoms with Crippen molar-refractivity contribution in [2.75, 3.05) is 12.3 Å². The van der Waals surface area contributed by atoms with Gasteiger partial charge >= 0.3 is 0 Å². The fourth-order valence-corrected chi connectivity index (χ4v) is 4.33. The van der Waals surface area contributed by atoms with Gasteiger partial charge in [0, 0.05) is 17.9 Å². The second kappa shape index (κ2) is 6.83. The lowest BCUT2D eigenvalue weighted by molar-refractivity contribution is -0.508. The molecule has 1 unspecified atom stereocenters. The molecule has 26 heavy (non-hydrogen) atoms. The predicted molar refractivity (Wildman–Crippen MR) is 92.8 cm³/mol. The quantitative estimate of drug-likeness (QED) is 0.423. The van der Waals surface area contributed by atoms with Crippen LogP contribution < -0.4 is 0 Å². The van der Waals surface area contributed by atoms with Gasteiger partial charge in [-0.2, -0.15) is 0 Å². The van der Waals surface area contributed by atoms with Crippen LogP contribution in [0.2, 0.25) is 0 Å². The molecule has 0 saturated carbocycles. The molecule has 3 rings (SSSR count). The first-order valence-electron chi connectivity index (χ1n) is 8.01. The van der Waals surface area contributed by atoms with Gasteiger partial charge in [-0.25, -0.2) is 8.42 Å².